The third-order valence-corrected chi connectivity index (χ3v) is 4.38. The summed E-state index contributed by atoms with van der Waals surface area (Å²) in [6, 6.07) is 4.06. The number of rotatable bonds is 4. The minimum atomic E-state index is -0.399. The van der Waals surface area contributed by atoms with E-state index in [2.05, 4.69) is 27.1 Å². The van der Waals surface area contributed by atoms with E-state index in [1.807, 2.05) is 0 Å². The lowest BCUT2D eigenvalue weighted by molar-refractivity contribution is 0.1000. The van der Waals surface area contributed by atoms with Crippen LogP contribution in [-0.4, -0.2) is 55.1 Å². The minimum absolute atomic E-state index is 0.399. The number of pyridine rings is 1. The lowest BCUT2D eigenvalue weighted by Crippen LogP contribution is -2.45. The number of nitrogens with one attached hydrogen (secondary N) is 1. The fourth-order valence-electron chi connectivity index (χ4n) is 2.69. The largest absolute Gasteiger partial charge is 0.367 e. The first-order chi connectivity index (χ1) is 10.1. The van der Waals surface area contributed by atoms with Gasteiger partial charge in [-0.1, -0.05) is 0 Å². The van der Waals surface area contributed by atoms with Gasteiger partial charge in [0.05, 0.1) is 0 Å². The van der Waals surface area contributed by atoms with Gasteiger partial charge in [0, 0.05) is 37.8 Å². The zero-order valence-electron chi connectivity index (χ0n) is 12.5. The van der Waals surface area contributed by atoms with Gasteiger partial charge in [-0.05, 0) is 38.4 Å². The maximum absolute atomic E-state index is 11.5. The van der Waals surface area contributed by atoms with Crippen molar-refractivity contribution >= 4 is 17.5 Å². The molecule has 0 bridgehead atoms. The van der Waals surface area contributed by atoms with Crippen LogP contribution in [0.4, 0.5) is 11.6 Å². The van der Waals surface area contributed by atoms with E-state index < -0.39 is 5.91 Å². The standard InChI is InChI=1S/C15H23N5O/c1-19-5-7-20(8-6-19)14-10-11(15(16)21)9-13(18-14)17-12-3-2-4-12/h9-10,12H,2-8H2,1H3,(H2,16,21)(H,17,18). The monoisotopic (exact) mass is 289 g/mol. The second-order valence-corrected chi connectivity index (χ2v) is 6.03. The molecule has 2 aliphatic rings. The zero-order valence-corrected chi connectivity index (χ0v) is 12.5. The molecule has 114 valence electrons. The smallest absolute Gasteiger partial charge is 0.248 e. The number of nitrogens with zero attached hydrogens (tertiary/aromatic N) is 3. The van der Waals surface area contributed by atoms with Gasteiger partial charge in [-0.3, -0.25) is 4.79 Å². The molecule has 3 N–H and O–H groups in total. The molecular weight excluding hydrogens is 266 g/mol. The van der Waals surface area contributed by atoms with E-state index in [0.29, 0.717) is 11.6 Å². The number of amides is 1. The predicted octanol–water partition coefficient (Wildman–Crippen LogP) is 0.897. The number of hydrogen-bond acceptors (Lipinski definition) is 5. The third-order valence-electron chi connectivity index (χ3n) is 4.38. The molecule has 0 unspecified atom stereocenters. The van der Waals surface area contributed by atoms with Gasteiger partial charge in [-0.2, -0.15) is 0 Å². The highest BCUT2D eigenvalue weighted by Crippen LogP contribution is 2.25. The van der Waals surface area contributed by atoms with Gasteiger partial charge in [0.15, 0.2) is 0 Å². The second-order valence-electron chi connectivity index (χ2n) is 6.03. The summed E-state index contributed by atoms with van der Waals surface area (Å²) in [5, 5.41) is 3.41. The molecule has 1 saturated heterocycles. The average molecular weight is 289 g/mol. The lowest BCUT2D eigenvalue weighted by Gasteiger charge is -2.34. The Morgan fingerprint density at radius 3 is 2.57 bits per heavy atom. The van der Waals surface area contributed by atoms with E-state index >= 15 is 0 Å². The molecule has 6 heteroatoms. The molecule has 0 radical (unpaired) electrons. The molecule has 1 aromatic rings. The van der Waals surface area contributed by atoms with Gasteiger partial charge in [0.25, 0.3) is 0 Å². The molecule has 0 aromatic carbocycles. The highest BCUT2D eigenvalue weighted by Gasteiger charge is 2.20. The summed E-state index contributed by atoms with van der Waals surface area (Å²) in [5.41, 5.74) is 5.99. The lowest BCUT2D eigenvalue weighted by atomic mass is 9.93. The van der Waals surface area contributed by atoms with Crippen molar-refractivity contribution in [1.29, 1.82) is 0 Å². The van der Waals surface area contributed by atoms with Crippen LogP contribution in [0.1, 0.15) is 29.6 Å². The van der Waals surface area contributed by atoms with Crippen molar-refractivity contribution < 1.29 is 4.79 Å². The Labute approximate surface area is 125 Å². The molecule has 1 aliphatic carbocycles. The Kier molecular flexibility index (Phi) is 3.96. The zero-order chi connectivity index (χ0) is 14.8. The Morgan fingerprint density at radius 2 is 2.00 bits per heavy atom. The number of carbonyl (C=O) groups is 1. The van der Waals surface area contributed by atoms with Crippen LogP contribution < -0.4 is 16.0 Å². The van der Waals surface area contributed by atoms with Crippen molar-refractivity contribution in [2.45, 2.75) is 25.3 Å². The topological polar surface area (TPSA) is 74.5 Å². The van der Waals surface area contributed by atoms with Gasteiger partial charge in [0.2, 0.25) is 5.91 Å². The first-order valence-electron chi connectivity index (χ1n) is 7.64. The molecule has 1 saturated carbocycles. The molecule has 2 fully saturated rings. The summed E-state index contributed by atoms with van der Waals surface area (Å²) in [6.45, 7) is 3.87. The van der Waals surface area contributed by atoms with Crippen LogP contribution in [0, 0.1) is 0 Å². The molecule has 6 nitrogen and oxygen atoms in total. The van der Waals surface area contributed by atoms with Gasteiger partial charge < -0.3 is 20.9 Å². The van der Waals surface area contributed by atoms with E-state index in [9.17, 15) is 4.79 Å². The van der Waals surface area contributed by atoms with Crippen molar-refractivity contribution in [3.05, 3.63) is 17.7 Å². The molecule has 0 atom stereocenters. The summed E-state index contributed by atoms with van der Waals surface area (Å²) in [5.74, 6) is 1.22. The molecule has 0 spiro atoms. The number of carbonyl (C=O) groups excluding carboxylic acids is 1. The molecule has 2 heterocycles. The fourth-order valence-corrected chi connectivity index (χ4v) is 2.69. The number of hydrogen-bond donors (Lipinski definition) is 2. The second kappa shape index (κ2) is 5.89. The van der Waals surface area contributed by atoms with Gasteiger partial charge in [-0.25, -0.2) is 4.98 Å². The van der Waals surface area contributed by atoms with E-state index in [1.54, 1.807) is 12.1 Å². The molecular formula is C15H23N5O. The number of anilines is 2. The molecule has 21 heavy (non-hydrogen) atoms. The summed E-state index contributed by atoms with van der Waals surface area (Å²) in [6.07, 6.45) is 3.61. The number of nitrogens with two attached hydrogens (primary N) is 1. The van der Waals surface area contributed by atoms with Crippen molar-refractivity contribution in [2.24, 2.45) is 5.73 Å². The van der Waals surface area contributed by atoms with E-state index in [1.165, 1.54) is 19.3 Å². The van der Waals surface area contributed by atoms with E-state index in [4.69, 9.17) is 5.73 Å². The Balaban J connectivity index is 1.82. The summed E-state index contributed by atoms with van der Waals surface area (Å²) < 4.78 is 0. The molecule has 3 rings (SSSR count). The van der Waals surface area contributed by atoms with E-state index in [-0.39, 0.29) is 0 Å². The Morgan fingerprint density at radius 1 is 1.29 bits per heavy atom. The SMILES string of the molecule is CN1CCN(c2cc(C(N)=O)cc(NC3CCC3)n2)CC1. The van der Waals surface area contributed by atoms with E-state index in [0.717, 1.165) is 37.8 Å². The highest BCUT2D eigenvalue weighted by molar-refractivity contribution is 5.94. The third kappa shape index (κ3) is 3.26. The van der Waals surface area contributed by atoms with Crippen LogP contribution in [-0.2, 0) is 0 Å². The number of likely N-dealkylation sites (N-methyl/N-ethyl adjacent to an activating group) is 1. The molecule has 1 amide bonds. The number of aromatic nitrogens is 1. The first kappa shape index (κ1) is 14.1. The van der Waals surface area contributed by atoms with Crippen molar-refractivity contribution in [3.8, 4) is 0 Å². The molecule has 1 aromatic heterocycles. The normalized spacial score (nSPS) is 20.1. The van der Waals surface area contributed by atoms with Gasteiger partial charge >= 0.3 is 0 Å². The highest BCUT2D eigenvalue weighted by atomic mass is 16.1. The van der Waals surface area contributed by atoms with Crippen molar-refractivity contribution in [3.63, 3.8) is 0 Å². The van der Waals surface area contributed by atoms with Crippen LogP contribution in [0.2, 0.25) is 0 Å². The molecule has 1 aliphatic heterocycles. The fraction of sp³-hybridized carbons (Fsp3) is 0.600. The average Bonchev–Trinajstić information content (AvgIpc) is 2.43. The Bertz CT molecular complexity index is 521. The van der Waals surface area contributed by atoms with Gasteiger partial charge in [0.1, 0.15) is 11.6 Å². The van der Waals surface area contributed by atoms with Crippen LogP contribution in [0.25, 0.3) is 0 Å². The minimum Gasteiger partial charge on any atom is -0.367 e. The summed E-state index contributed by atoms with van der Waals surface area (Å²) in [4.78, 5) is 20.7. The number of primary amides is 1. The maximum atomic E-state index is 11.5. The first-order valence-corrected chi connectivity index (χ1v) is 7.64. The van der Waals surface area contributed by atoms with Gasteiger partial charge in [-0.15, -0.1) is 0 Å². The summed E-state index contributed by atoms with van der Waals surface area (Å²) >= 11 is 0. The van der Waals surface area contributed by atoms with Crippen LogP contribution in [0.15, 0.2) is 12.1 Å². The number of piperazine rings is 1. The van der Waals surface area contributed by atoms with Crippen LogP contribution >= 0.6 is 0 Å². The summed E-state index contributed by atoms with van der Waals surface area (Å²) in [7, 11) is 2.12. The van der Waals surface area contributed by atoms with Crippen molar-refractivity contribution in [1.82, 2.24) is 9.88 Å². The van der Waals surface area contributed by atoms with Crippen molar-refractivity contribution in [2.75, 3.05) is 43.4 Å². The Hall–Kier alpha value is -1.82. The predicted molar refractivity (Wildman–Crippen MR) is 83.7 cm³/mol. The maximum Gasteiger partial charge on any atom is 0.248 e. The van der Waals surface area contributed by atoms with Crippen LogP contribution in [0.3, 0.4) is 0 Å². The quantitative estimate of drug-likeness (QED) is 0.861. The van der Waals surface area contributed by atoms with Crippen LogP contribution in [0.5, 0.6) is 0 Å².